The Bertz CT molecular complexity index is 687. The fraction of sp³-hybridized carbons (Fsp3) is 0.471. The minimum Gasteiger partial charge on any atom is -0.350 e. The first-order valence-corrected chi connectivity index (χ1v) is 8.07. The van der Waals surface area contributed by atoms with Crippen LogP contribution in [0.3, 0.4) is 0 Å². The summed E-state index contributed by atoms with van der Waals surface area (Å²) in [4.78, 5) is 37.4. The maximum absolute atomic E-state index is 12.6. The predicted molar refractivity (Wildman–Crippen MR) is 87.1 cm³/mol. The standard InChI is InChI=1S/C17H20F3N3O3/c1-22(2)15(25)12-7-5-11(6-8-12)10-21-14(24)13-4-3-9-23(13)16(26)17(18,19)20/h5-8,13H,3-4,9-10H2,1-2H3,(H,21,24)/t13-/m1/s1. The van der Waals surface area contributed by atoms with E-state index in [4.69, 9.17) is 0 Å². The van der Waals surface area contributed by atoms with Crippen molar-refractivity contribution >= 4 is 17.7 Å². The van der Waals surface area contributed by atoms with Crippen molar-refractivity contribution in [1.29, 1.82) is 0 Å². The lowest BCUT2D eigenvalue weighted by atomic mass is 10.1. The zero-order valence-electron chi connectivity index (χ0n) is 14.5. The zero-order chi connectivity index (χ0) is 19.5. The van der Waals surface area contributed by atoms with Gasteiger partial charge >= 0.3 is 12.1 Å². The summed E-state index contributed by atoms with van der Waals surface area (Å²) in [6, 6.07) is 5.42. The number of amides is 3. The molecule has 1 aliphatic rings. The third kappa shape index (κ3) is 4.53. The summed E-state index contributed by atoms with van der Waals surface area (Å²) in [5.74, 6) is -2.76. The molecule has 9 heteroatoms. The van der Waals surface area contributed by atoms with Gasteiger partial charge in [0.25, 0.3) is 5.91 Å². The average Bonchev–Trinajstić information content (AvgIpc) is 3.07. The van der Waals surface area contributed by atoms with Gasteiger partial charge in [-0.25, -0.2) is 0 Å². The molecule has 0 aromatic heterocycles. The number of carbonyl (C=O) groups is 3. The number of rotatable bonds is 4. The zero-order valence-corrected chi connectivity index (χ0v) is 14.5. The molecule has 1 aromatic carbocycles. The lowest BCUT2D eigenvalue weighted by Crippen LogP contribution is -2.50. The molecule has 6 nitrogen and oxygen atoms in total. The van der Waals surface area contributed by atoms with Gasteiger partial charge in [0.1, 0.15) is 6.04 Å². The summed E-state index contributed by atoms with van der Waals surface area (Å²) in [5.41, 5.74) is 1.18. The summed E-state index contributed by atoms with van der Waals surface area (Å²) >= 11 is 0. The van der Waals surface area contributed by atoms with Gasteiger partial charge in [0.2, 0.25) is 5.91 Å². The van der Waals surface area contributed by atoms with Crippen LogP contribution >= 0.6 is 0 Å². The molecule has 0 aliphatic carbocycles. The molecular weight excluding hydrogens is 351 g/mol. The smallest absolute Gasteiger partial charge is 0.350 e. The molecule has 1 aromatic rings. The Hall–Kier alpha value is -2.58. The van der Waals surface area contributed by atoms with Crippen molar-refractivity contribution in [3.63, 3.8) is 0 Å². The molecule has 0 unspecified atom stereocenters. The van der Waals surface area contributed by atoms with Crippen LogP contribution in [0, 0.1) is 0 Å². The lowest BCUT2D eigenvalue weighted by molar-refractivity contribution is -0.186. The van der Waals surface area contributed by atoms with Gasteiger partial charge in [-0.3, -0.25) is 14.4 Å². The molecular formula is C17H20F3N3O3. The Balaban J connectivity index is 1.96. The molecule has 26 heavy (non-hydrogen) atoms. The van der Waals surface area contributed by atoms with Crippen molar-refractivity contribution < 1.29 is 27.6 Å². The lowest BCUT2D eigenvalue weighted by Gasteiger charge is -2.24. The predicted octanol–water partition coefficient (Wildman–Crippen LogP) is 1.56. The number of carbonyl (C=O) groups excluding carboxylic acids is 3. The van der Waals surface area contributed by atoms with Crippen LogP contribution in [0.1, 0.15) is 28.8 Å². The van der Waals surface area contributed by atoms with Crippen LogP contribution < -0.4 is 5.32 Å². The third-order valence-electron chi connectivity index (χ3n) is 4.13. The highest BCUT2D eigenvalue weighted by atomic mass is 19.4. The van der Waals surface area contributed by atoms with Gasteiger partial charge < -0.3 is 15.1 Å². The molecule has 1 saturated heterocycles. The van der Waals surface area contributed by atoms with Crippen molar-refractivity contribution in [3.05, 3.63) is 35.4 Å². The number of likely N-dealkylation sites (tertiary alicyclic amines) is 1. The van der Waals surface area contributed by atoms with Crippen molar-refractivity contribution in [2.24, 2.45) is 0 Å². The quantitative estimate of drug-likeness (QED) is 0.873. The van der Waals surface area contributed by atoms with Gasteiger partial charge in [-0.1, -0.05) is 12.1 Å². The first-order valence-electron chi connectivity index (χ1n) is 8.07. The molecule has 1 N–H and O–H groups in total. The molecule has 0 saturated carbocycles. The Kier molecular flexibility index (Phi) is 5.89. The van der Waals surface area contributed by atoms with Gasteiger partial charge in [0.05, 0.1) is 0 Å². The molecule has 3 amide bonds. The third-order valence-corrected chi connectivity index (χ3v) is 4.13. The number of hydrogen-bond acceptors (Lipinski definition) is 3. The van der Waals surface area contributed by atoms with Gasteiger partial charge in [-0.15, -0.1) is 0 Å². The van der Waals surface area contributed by atoms with E-state index >= 15 is 0 Å². The number of benzene rings is 1. The monoisotopic (exact) mass is 371 g/mol. The van der Waals surface area contributed by atoms with Crippen LogP contribution in [-0.4, -0.2) is 60.4 Å². The Labute approximate surface area is 148 Å². The minimum atomic E-state index is -4.99. The molecule has 1 aliphatic heterocycles. The Morgan fingerprint density at radius 2 is 1.81 bits per heavy atom. The van der Waals surface area contributed by atoms with E-state index < -0.39 is 24.0 Å². The summed E-state index contributed by atoms with van der Waals surface area (Å²) in [6.45, 7) is 0.0115. The van der Waals surface area contributed by atoms with Crippen LogP contribution in [0.15, 0.2) is 24.3 Å². The van der Waals surface area contributed by atoms with E-state index in [2.05, 4.69) is 5.32 Å². The highest BCUT2D eigenvalue weighted by Gasteiger charge is 2.47. The van der Waals surface area contributed by atoms with E-state index in [1.54, 1.807) is 38.4 Å². The number of nitrogens with zero attached hydrogens (tertiary/aromatic N) is 2. The molecule has 142 valence electrons. The SMILES string of the molecule is CN(C)C(=O)c1ccc(CNC(=O)[C@H]2CCCN2C(=O)C(F)(F)F)cc1. The van der Waals surface area contributed by atoms with Crippen molar-refractivity contribution in [3.8, 4) is 0 Å². The second-order valence-corrected chi connectivity index (χ2v) is 6.27. The highest BCUT2D eigenvalue weighted by Crippen LogP contribution is 2.25. The molecule has 1 fully saturated rings. The van der Waals surface area contributed by atoms with Crippen LogP contribution in [0.2, 0.25) is 0 Å². The van der Waals surface area contributed by atoms with Crippen molar-refractivity contribution in [2.45, 2.75) is 31.6 Å². The summed E-state index contributed by atoms with van der Waals surface area (Å²) in [5, 5.41) is 2.55. The van der Waals surface area contributed by atoms with E-state index in [0.717, 1.165) is 0 Å². The highest BCUT2D eigenvalue weighted by molar-refractivity contribution is 5.94. The summed E-state index contributed by atoms with van der Waals surface area (Å²) in [7, 11) is 3.26. The molecule has 1 heterocycles. The van der Waals surface area contributed by atoms with Crippen LogP contribution in [-0.2, 0) is 16.1 Å². The summed E-state index contributed by atoms with van der Waals surface area (Å²) in [6.07, 6.45) is -4.44. The first kappa shape index (κ1) is 19.7. The van der Waals surface area contributed by atoms with E-state index in [1.165, 1.54) is 4.90 Å². The van der Waals surface area contributed by atoms with Gasteiger partial charge in [-0.05, 0) is 30.5 Å². The Morgan fingerprint density at radius 3 is 2.35 bits per heavy atom. The van der Waals surface area contributed by atoms with Gasteiger partial charge in [0.15, 0.2) is 0 Å². The Morgan fingerprint density at radius 1 is 1.19 bits per heavy atom. The molecule has 0 spiro atoms. The fourth-order valence-corrected chi connectivity index (χ4v) is 2.78. The number of nitrogens with one attached hydrogen (secondary N) is 1. The summed E-state index contributed by atoms with van der Waals surface area (Å²) < 4.78 is 37.8. The average molecular weight is 371 g/mol. The maximum atomic E-state index is 12.6. The number of alkyl halides is 3. The fourth-order valence-electron chi connectivity index (χ4n) is 2.78. The van der Waals surface area contributed by atoms with Crippen LogP contribution in [0.5, 0.6) is 0 Å². The number of halogens is 3. The normalized spacial score (nSPS) is 17.1. The van der Waals surface area contributed by atoms with E-state index in [9.17, 15) is 27.6 Å². The van der Waals surface area contributed by atoms with E-state index in [-0.39, 0.29) is 25.4 Å². The second-order valence-electron chi connectivity index (χ2n) is 6.27. The molecule has 1 atom stereocenters. The molecule has 0 radical (unpaired) electrons. The van der Waals surface area contributed by atoms with E-state index in [1.807, 2.05) is 0 Å². The van der Waals surface area contributed by atoms with Crippen LogP contribution in [0.25, 0.3) is 0 Å². The second kappa shape index (κ2) is 7.76. The minimum absolute atomic E-state index is 0.0855. The molecule has 2 rings (SSSR count). The number of hydrogen-bond donors (Lipinski definition) is 1. The van der Waals surface area contributed by atoms with E-state index in [0.29, 0.717) is 22.4 Å². The van der Waals surface area contributed by atoms with Gasteiger partial charge in [0, 0.05) is 32.7 Å². The van der Waals surface area contributed by atoms with Gasteiger partial charge in [-0.2, -0.15) is 13.2 Å². The maximum Gasteiger partial charge on any atom is 0.471 e. The molecule has 0 bridgehead atoms. The van der Waals surface area contributed by atoms with Crippen molar-refractivity contribution in [1.82, 2.24) is 15.1 Å². The largest absolute Gasteiger partial charge is 0.471 e. The first-order chi connectivity index (χ1) is 12.1. The van der Waals surface area contributed by atoms with Crippen LogP contribution in [0.4, 0.5) is 13.2 Å². The van der Waals surface area contributed by atoms with Crippen molar-refractivity contribution in [2.75, 3.05) is 20.6 Å². The topological polar surface area (TPSA) is 69.7 Å².